The molecular formula is C28H28F2N2O. The molecule has 1 atom stereocenters. The molecule has 4 aromatic rings. The number of hydrogen-bond acceptors (Lipinski definition) is 1. The van der Waals surface area contributed by atoms with Crippen molar-refractivity contribution in [2.45, 2.75) is 32.7 Å². The second-order valence-electron chi connectivity index (χ2n) is 8.83. The van der Waals surface area contributed by atoms with Crippen LogP contribution in [-0.2, 0) is 11.3 Å². The van der Waals surface area contributed by atoms with Crippen molar-refractivity contribution in [3.8, 4) is 0 Å². The van der Waals surface area contributed by atoms with Crippen molar-refractivity contribution in [2.75, 3.05) is 6.54 Å². The minimum absolute atomic E-state index is 0.104. The Bertz CT molecular complexity index is 1240. The maximum Gasteiger partial charge on any atom is 0.220 e. The monoisotopic (exact) mass is 446 g/mol. The molecule has 0 bridgehead atoms. The average Bonchev–Trinajstić information content (AvgIpc) is 3.16. The van der Waals surface area contributed by atoms with E-state index in [0.29, 0.717) is 24.6 Å². The molecule has 1 N–H and O–H groups in total. The van der Waals surface area contributed by atoms with E-state index in [4.69, 9.17) is 0 Å². The van der Waals surface area contributed by atoms with Crippen LogP contribution in [-0.4, -0.2) is 17.0 Å². The van der Waals surface area contributed by atoms with Crippen molar-refractivity contribution in [3.63, 3.8) is 0 Å². The van der Waals surface area contributed by atoms with Gasteiger partial charge < -0.3 is 9.88 Å². The predicted octanol–water partition coefficient (Wildman–Crippen LogP) is 6.26. The van der Waals surface area contributed by atoms with Crippen LogP contribution in [0.15, 0.2) is 79.0 Å². The first-order valence-electron chi connectivity index (χ1n) is 11.3. The molecule has 1 unspecified atom stereocenters. The summed E-state index contributed by atoms with van der Waals surface area (Å²) in [5, 5.41) is 3.94. The van der Waals surface area contributed by atoms with Crippen molar-refractivity contribution < 1.29 is 13.6 Å². The van der Waals surface area contributed by atoms with Gasteiger partial charge in [-0.15, -0.1) is 0 Å². The van der Waals surface area contributed by atoms with Gasteiger partial charge in [0.05, 0.1) is 0 Å². The molecule has 0 fully saturated rings. The summed E-state index contributed by atoms with van der Waals surface area (Å²) in [4.78, 5) is 12.8. The Morgan fingerprint density at radius 2 is 1.61 bits per heavy atom. The number of hydrogen-bond donors (Lipinski definition) is 1. The summed E-state index contributed by atoms with van der Waals surface area (Å²) in [6.07, 6.45) is 2.15. The van der Waals surface area contributed by atoms with E-state index in [1.165, 1.54) is 18.2 Å². The van der Waals surface area contributed by atoms with Gasteiger partial charge in [-0.1, -0.05) is 62.4 Å². The van der Waals surface area contributed by atoms with E-state index in [1.807, 2.05) is 44.3 Å². The number of nitrogens with one attached hydrogen (secondary N) is 1. The zero-order valence-electron chi connectivity index (χ0n) is 18.9. The quantitative estimate of drug-likeness (QED) is 0.340. The molecule has 170 valence electrons. The lowest BCUT2D eigenvalue weighted by molar-refractivity contribution is -0.121. The molecule has 0 radical (unpaired) electrons. The first-order valence-corrected chi connectivity index (χ1v) is 11.3. The average molecular weight is 447 g/mol. The van der Waals surface area contributed by atoms with E-state index in [1.54, 1.807) is 30.3 Å². The van der Waals surface area contributed by atoms with Crippen molar-refractivity contribution in [1.29, 1.82) is 0 Å². The number of amides is 1. The molecule has 0 aliphatic rings. The SMILES string of the molecule is CC(C)CNC(=O)CC(c1ccccc1F)c1cn(Cc2ccc(F)cc2)c2ccccc12. The summed E-state index contributed by atoms with van der Waals surface area (Å²) in [5.41, 5.74) is 3.35. The van der Waals surface area contributed by atoms with Gasteiger partial charge in [-0.05, 0) is 46.9 Å². The minimum atomic E-state index is -0.433. The molecular weight excluding hydrogens is 418 g/mol. The Balaban J connectivity index is 1.77. The van der Waals surface area contributed by atoms with Crippen LogP contribution >= 0.6 is 0 Å². The number of nitrogens with zero attached hydrogens (tertiary/aromatic N) is 1. The number of carbonyl (C=O) groups is 1. The molecule has 5 heteroatoms. The maximum absolute atomic E-state index is 14.9. The van der Waals surface area contributed by atoms with Crippen LogP contribution in [0.5, 0.6) is 0 Å². The van der Waals surface area contributed by atoms with E-state index in [9.17, 15) is 13.6 Å². The summed E-state index contributed by atoms with van der Waals surface area (Å²) in [6, 6.07) is 21.0. The lowest BCUT2D eigenvalue weighted by Crippen LogP contribution is -2.29. The van der Waals surface area contributed by atoms with Crippen molar-refractivity contribution >= 4 is 16.8 Å². The zero-order valence-corrected chi connectivity index (χ0v) is 18.9. The summed E-state index contributed by atoms with van der Waals surface area (Å²) in [6.45, 7) is 5.20. The Hall–Kier alpha value is -3.47. The highest BCUT2D eigenvalue weighted by Gasteiger charge is 2.25. The van der Waals surface area contributed by atoms with Crippen molar-refractivity contribution in [1.82, 2.24) is 9.88 Å². The first-order chi connectivity index (χ1) is 15.9. The summed E-state index contributed by atoms with van der Waals surface area (Å²) >= 11 is 0. The van der Waals surface area contributed by atoms with Gasteiger partial charge in [-0.3, -0.25) is 4.79 Å². The summed E-state index contributed by atoms with van der Waals surface area (Å²) in [5.74, 6) is -0.804. The third-order valence-electron chi connectivity index (χ3n) is 5.84. The molecule has 33 heavy (non-hydrogen) atoms. The fourth-order valence-corrected chi connectivity index (χ4v) is 4.19. The number of rotatable bonds is 8. The number of para-hydroxylation sites is 1. The highest BCUT2D eigenvalue weighted by molar-refractivity contribution is 5.86. The molecule has 1 amide bonds. The number of halogens is 2. The zero-order chi connectivity index (χ0) is 23.4. The Kier molecular flexibility index (Phi) is 6.87. The Labute approximate surface area is 193 Å². The summed E-state index contributed by atoms with van der Waals surface area (Å²) in [7, 11) is 0. The second-order valence-corrected chi connectivity index (χ2v) is 8.83. The number of fused-ring (bicyclic) bond motifs is 1. The minimum Gasteiger partial charge on any atom is -0.356 e. The van der Waals surface area contributed by atoms with Crippen LogP contribution in [0.4, 0.5) is 8.78 Å². The lowest BCUT2D eigenvalue weighted by atomic mass is 9.87. The predicted molar refractivity (Wildman–Crippen MR) is 128 cm³/mol. The van der Waals surface area contributed by atoms with Gasteiger partial charge in [0.15, 0.2) is 0 Å². The van der Waals surface area contributed by atoms with Crippen LogP contribution < -0.4 is 5.32 Å². The van der Waals surface area contributed by atoms with Gasteiger partial charge in [0.25, 0.3) is 0 Å². The van der Waals surface area contributed by atoms with Gasteiger partial charge in [0.1, 0.15) is 11.6 Å². The first kappa shape index (κ1) is 22.7. The van der Waals surface area contributed by atoms with E-state index in [0.717, 1.165) is 22.0 Å². The van der Waals surface area contributed by atoms with Crippen LogP contribution in [0.3, 0.4) is 0 Å². The highest BCUT2D eigenvalue weighted by Crippen LogP contribution is 2.36. The van der Waals surface area contributed by atoms with Crippen LogP contribution in [0, 0.1) is 17.6 Å². The van der Waals surface area contributed by atoms with Gasteiger partial charge in [0, 0.05) is 42.5 Å². The fraction of sp³-hybridized carbons (Fsp3) is 0.250. The van der Waals surface area contributed by atoms with Gasteiger partial charge in [-0.2, -0.15) is 0 Å². The molecule has 0 aliphatic heterocycles. The fourth-order valence-electron chi connectivity index (χ4n) is 4.19. The number of carbonyl (C=O) groups excluding carboxylic acids is 1. The van der Waals surface area contributed by atoms with Crippen LogP contribution in [0.1, 0.15) is 42.9 Å². The molecule has 4 rings (SSSR count). The standard InChI is InChI=1S/C28H28F2N2O/c1-19(2)16-31-28(33)15-24(22-7-3-5-9-26(22)30)25-18-32(27-10-6-4-8-23(25)27)17-20-11-13-21(29)14-12-20/h3-14,18-19,24H,15-17H2,1-2H3,(H,31,33). The third kappa shape index (κ3) is 5.30. The largest absolute Gasteiger partial charge is 0.356 e. The summed E-state index contributed by atoms with van der Waals surface area (Å²) < 4.78 is 30.4. The molecule has 3 nitrogen and oxygen atoms in total. The van der Waals surface area contributed by atoms with Gasteiger partial charge in [0.2, 0.25) is 5.91 Å². The molecule has 0 saturated carbocycles. The topological polar surface area (TPSA) is 34.0 Å². The van der Waals surface area contributed by atoms with E-state index in [2.05, 4.69) is 9.88 Å². The third-order valence-corrected chi connectivity index (χ3v) is 5.84. The molecule has 0 spiro atoms. The Morgan fingerprint density at radius 1 is 0.909 bits per heavy atom. The van der Waals surface area contributed by atoms with Crippen LogP contribution in [0.25, 0.3) is 10.9 Å². The molecule has 3 aromatic carbocycles. The normalized spacial score (nSPS) is 12.3. The van der Waals surface area contributed by atoms with Crippen LogP contribution in [0.2, 0.25) is 0 Å². The van der Waals surface area contributed by atoms with Gasteiger partial charge >= 0.3 is 0 Å². The maximum atomic E-state index is 14.9. The molecule has 0 saturated heterocycles. The van der Waals surface area contributed by atoms with E-state index < -0.39 is 5.92 Å². The number of aromatic nitrogens is 1. The van der Waals surface area contributed by atoms with Crippen molar-refractivity contribution in [2.24, 2.45) is 5.92 Å². The van der Waals surface area contributed by atoms with E-state index in [-0.39, 0.29) is 24.0 Å². The highest BCUT2D eigenvalue weighted by atomic mass is 19.1. The lowest BCUT2D eigenvalue weighted by Gasteiger charge is -2.18. The Morgan fingerprint density at radius 3 is 2.33 bits per heavy atom. The van der Waals surface area contributed by atoms with E-state index >= 15 is 0 Å². The van der Waals surface area contributed by atoms with Crippen molar-refractivity contribution in [3.05, 3.63) is 107 Å². The number of benzene rings is 3. The smallest absolute Gasteiger partial charge is 0.220 e. The molecule has 0 aliphatic carbocycles. The molecule has 1 heterocycles. The molecule has 1 aromatic heterocycles. The van der Waals surface area contributed by atoms with Gasteiger partial charge in [-0.25, -0.2) is 8.78 Å². The second kappa shape index (κ2) is 9.99.